The predicted molar refractivity (Wildman–Crippen MR) is 69.3 cm³/mol. The first kappa shape index (κ1) is 10.3. The molecule has 1 aromatic carbocycles. The summed E-state index contributed by atoms with van der Waals surface area (Å²) in [5, 5.41) is 7.54. The van der Waals surface area contributed by atoms with Gasteiger partial charge in [-0.15, -0.1) is 0 Å². The van der Waals surface area contributed by atoms with Crippen molar-refractivity contribution in [3.8, 4) is 11.3 Å². The molecule has 1 aliphatic carbocycles. The molecule has 2 fully saturated rings. The molecule has 3 heteroatoms. The molecule has 1 saturated heterocycles. The third kappa shape index (κ3) is 1.37. The fraction of sp³-hybridized carbons (Fsp3) is 0.400. The van der Waals surface area contributed by atoms with Crippen LogP contribution < -0.4 is 5.32 Å². The number of rotatable bonds is 2. The van der Waals surface area contributed by atoms with Crippen LogP contribution in [-0.2, 0) is 5.41 Å². The van der Waals surface area contributed by atoms with E-state index < -0.39 is 0 Å². The van der Waals surface area contributed by atoms with Crippen molar-refractivity contribution >= 4 is 0 Å². The summed E-state index contributed by atoms with van der Waals surface area (Å²) in [5.74, 6) is 1.72. The second kappa shape index (κ2) is 3.45. The summed E-state index contributed by atoms with van der Waals surface area (Å²) in [6, 6.07) is 10.8. The highest BCUT2D eigenvalue weighted by Crippen LogP contribution is 2.56. The van der Waals surface area contributed by atoms with Crippen LogP contribution in [0.4, 0.5) is 0 Å². The molecule has 2 aliphatic rings. The lowest BCUT2D eigenvalue weighted by molar-refractivity contribution is 0.399. The van der Waals surface area contributed by atoms with Crippen molar-refractivity contribution in [2.45, 2.75) is 18.8 Å². The Morgan fingerprint density at radius 1 is 1.33 bits per heavy atom. The summed E-state index contributed by atoms with van der Waals surface area (Å²) in [6.45, 7) is 4.24. The quantitative estimate of drug-likeness (QED) is 0.876. The maximum Gasteiger partial charge on any atom is 0.134 e. The van der Waals surface area contributed by atoms with Gasteiger partial charge in [-0.05, 0) is 31.4 Å². The Kier molecular flexibility index (Phi) is 1.98. The highest BCUT2D eigenvalue weighted by molar-refractivity contribution is 5.60. The highest BCUT2D eigenvalue weighted by Gasteiger charge is 2.57. The zero-order chi connectivity index (χ0) is 12.2. The van der Waals surface area contributed by atoms with E-state index in [9.17, 15) is 0 Å². The first-order valence-corrected chi connectivity index (χ1v) is 6.53. The largest absolute Gasteiger partial charge is 0.361 e. The molecule has 1 saturated carbocycles. The third-order valence-corrected chi connectivity index (χ3v) is 4.45. The fourth-order valence-corrected chi connectivity index (χ4v) is 3.27. The van der Waals surface area contributed by atoms with Gasteiger partial charge in [0, 0.05) is 23.6 Å². The van der Waals surface area contributed by atoms with Crippen LogP contribution in [0.3, 0.4) is 0 Å². The molecule has 0 spiro atoms. The minimum Gasteiger partial charge on any atom is -0.361 e. The van der Waals surface area contributed by atoms with E-state index in [4.69, 9.17) is 4.52 Å². The molecule has 1 aromatic heterocycles. The number of nitrogens with zero attached hydrogens (tertiary/aromatic N) is 1. The maximum absolute atomic E-state index is 5.12. The van der Waals surface area contributed by atoms with Crippen molar-refractivity contribution in [3.05, 3.63) is 41.7 Å². The van der Waals surface area contributed by atoms with Crippen molar-refractivity contribution < 1.29 is 4.52 Å². The standard InChI is InChI=1S/C15H16N2O/c1-10-6-14(17-18-10)11-2-4-12(5-3-11)15-7-13(15)8-16-9-15/h2-6,13,16H,7-9H2,1H3/t13-,15+/m0/s1. The molecule has 18 heavy (non-hydrogen) atoms. The fourth-order valence-electron chi connectivity index (χ4n) is 3.27. The van der Waals surface area contributed by atoms with Gasteiger partial charge >= 0.3 is 0 Å². The lowest BCUT2D eigenvalue weighted by atomic mass is 9.94. The second-order valence-corrected chi connectivity index (χ2v) is 5.59. The average molecular weight is 240 g/mol. The number of fused-ring (bicyclic) bond motifs is 1. The molecule has 92 valence electrons. The van der Waals surface area contributed by atoms with Gasteiger partial charge in [-0.2, -0.15) is 0 Å². The van der Waals surface area contributed by atoms with Gasteiger partial charge in [0.15, 0.2) is 0 Å². The highest BCUT2D eigenvalue weighted by atomic mass is 16.5. The molecular formula is C15H16N2O. The lowest BCUT2D eigenvalue weighted by Crippen LogP contribution is -2.19. The molecule has 0 bridgehead atoms. The number of nitrogens with one attached hydrogen (secondary N) is 1. The van der Waals surface area contributed by atoms with Crippen molar-refractivity contribution in [1.82, 2.24) is 10.5 Å². The molecule has 0 radical (unpaired) electrons. The van der Waals surface area contributed by atoms with Gasteiger partial charge in [0.1, 0.15) is 11.5 Å². The van der Waals surface area contributed by atoms with Gasteiger partial charge in [0.2, 0.25) is 0 Å². The van der Waals surface area contributed by atoms with Crippen LogP contribution in [0, 0.1) is 12.8 Å². The number of benzene rings is 1. The summed E-state index contributed by atoms with van der Waals surface area (Å²) < 4.78 is 5.12. The number of aryl methyl sites for hydroxylation is 1. The minimum absolute atomic E-state index is 0.443. The first-order chi connectivity index (χ1) is 8.78. The van der Waals surface area contributed by atoms with Crippen LogP contribution in [0.5, 0.6) is 0 Å². The summed E-state index contributed by atoms with van der Waals surface area (Å²) in [4.78, 5) is 0. The minimum atomic E-state index is 0.443. The first-order valence-electron chi connectivity index (χ1n) is 6.53. The van der Waals surface area contributed by atoms with Crippen LogP contribution >= 0.6 is 0 Å². The number of hydrogen-bond donors (Lipinski definition) is 1. The van der Waals surface area contributed by atoms with E-state index in [0.717, 1.165) is 29.5 Å². The summed E-state index contributed by atoms with van der Waals surface area (Å²) in [6.07, 6.45) is 1.35. The Labute approximate surface area is 106 Å². The molecule has 1 N–H and O–H groups in total. The van der Waals surface area contributed by atoms with Crippen molar-refractivity contribution in [3.63, 3.8) is 0 Å². The molecule has 1 aliphatic heterocycles. The molecule has 2 aromatic rings. The molecule has 4 rings (SSSR count). The van der Waals surface area contributed by atoms with Gasteiger partial charge in [-0.1, -0.05) is 29.4 Å². The summed E-state index contributed by atoms with van der Waals surface area (Å²) in [5.41, 5.74) is 3.98. The van der Waals surface area contributed by atoms with Gasteiger partial charge in [0.25, 0.3) is 0 Å². The third-order valence-electron chi connectivity index (χ3n) is 4.45. The molecule has 2 atom stereocenters. The zero-order valence-corrected chi connectivity index (χ0v) is 10.4. The normalized spacial score (nSPS) is 29.3. The van der Waals surface area contributed by atoms with Crippen LogP contribution in [-0.4, -0.2) is 18.2 Å². The van der Waals surface area contributed by atoms with E-state index in [0.29, 0.717) is 5.41 Å². The molecule has 0 amide bonds. The van der Waals surface area contributed by atoms with Crippen molar-refractivity contribution in [2.75, 3.05) is 13.1 Å². The molecule has 2 heterocycles. The van der Waals surface area contributed by atoms with E-state index in [-0.39, 0.29) is 0 Å². The Morgan fingerprint density at radius 3 is 2.72 bits per heavy atom. The van der Waals surface area contributed by atoms with E-state index >= 15 is 0 Å². The van der Waals surface area contributed by atoms with E-state index in [2.05, 4.69) is 34.7 Å². The number of piperidine rings is 1. The van der Waals surface area contributed by atoms with Gasteiger partial charge in [-0.3, -0.25) is 0 Å². The number of hydrogen-bond acceptors (Lipinski definition) is 3. The van der Waals surface area contributed by atoms with Crippen LogP contribution in [0.1, 0.15) is 17.7 Å². The lowest BCUT2D eigenvalue weighted by Gasteiger charge is -2.12. The number of aromatic nitrogens is 1. The summed E-state index contributed by atoms with van der Waals surface area (Å²) >= 11 is 0. The smallest absolute Gasteiger partial charge is 0.134 e. The second-order valence-electron chi connectivity index (χ2n) is 5.59. The van der Waals surface area contributed by atoms with Gasteiger partial charge in [0.05, 0.1) is 0 Å². The van der Waals surface area contributed by atoms with Crippen molar-refractivity contribution in [1.29, 1.82) is 0 Å². The summed E-state index contributed by atoms with van der Waals surface area (Å²) in [7, 11) is 0. The molecule has 0 unspecified atom stereocenters. The predicted octanol–water partition coefficient (Wildman–Crippen LogP) is 2.51. The Balaban J connectivity index is 1.66. The van der Waals surface area contributed by atoms with Crippen LogP contribution in [0.15, 0.2) is 34.9 Å². The van der Waals surface area contributed by atoms with E-state index in [1.807, 2.05) is 13.0 Å². The average Bonchev–Trinajstić information content (AvgIpc) is 2.75. The Hall–Kier alpha value is -1.61. The van der Waals surface area contributed by atoms with Crippen molar-refractivity contribution in [2.24, 2.45) is 5.92 Å². The zero-order valence-electron chi connectivity index (χ0n) is 10.4. The Bertz CT molecular complexity index is 587. The van der Waals surface area contributed by atoms with Crippen LogP contribution in [0.2, 0.25) is 0 Å². The van der Waals surface area contributed by atoms with Gasteiger partial charge in [-0.25, -0.2) is 0 Å². The molecule has 3 nitrogen and oxygen atoms in total. The van der Waals surface area contributed by atoms with Gasteiger partial charge < -0.3 is 9.84 Å². The van der Waals surface area contributed by atoms with E-state index in [1.165, 1.54) is 18.5 Å². The van der Waals surface area contributed by atoms with E-state index in [1.54, 1.807) is 0 Å². The SMILES string of the molecule is Cc1cc(-c2ccc([C@@]34CNC[C@@H]3C4)cc2)no1. The monoisotopic (exact) mass is 240 g/mol. The topological polar surface area (TPSA) is 38.1 Å². The maximum atomic E-state index is 5.12. The molecular weight excluding hydrogens is 224 g/mol. The Morgan fingerprint density at radius 2 is 2.17 bits per heavy atom. The van der Waals surface area contributed by atoms with Crippen LogP contribution in [0.25, 0.3) is 11.3 Å².